The lowest BCUT2D eigenvalue weighted by Gasteiger charge is -2.35. The number of nitrogens with zero attached hydrogens (tertiary/aromatic N) is 5. The van der Waals surface area contributed by atoms with Gasteiger partial charge in [0.25, 0.3) is 5.91 Å². The third kappa shape index (κ3) is 4.17. The fourth-order valence-corrected chi connectivity index (χ4v) is 3.63. The van der Waals surface area contributed by atoms with Gasteiger partial charge in [-0.2, -0.15) is 5.10 Å². The fourth-order valence-electron chi connectivity index (χ4n) is 3.63. The van der Waals surface area contributed by atoms with E-state index in [0.29, 0.717) is 25.2 Å². The number of nitrogens with one attached hydrogen (secondary N) is 1. The minimum Gasteiger partial charge on any atom is -0.353 e. The van der Waals surface area contributed by atoms with Crippen molar-refractivity contribution in [2.24, 2.45) is 0 Å². The Morgan fingerprint density at radius 2 is 1.80 bits per heavy atom. The second-order valence-electron chi connectivity index (χ2n) is 7.13. The van der Waals surface area contributed by atoms with Crippen LogP contribution in [0, 0.1) is 0 Å². The number of benzene rings is 1. The molecule has 1 aliphatic heterocycles. The first-order valence-electron chi connectivity index (χ1n) is 9.95. The van der Waals surface area contributed by atoms with Crippen LogP contribution >= 0.6 is 0 Å². The van der Waals surface area contributed by atoms with Gasteiger partial charge in [0.15, 0.2) is 0 Å². The monoisotopic (exact) mass is 404 g/mol. The summed E-state index contributed by atoms with van der Waals surface area (Å²) in [6.45, 7) is 4.75. The topological polar surface area (TPSA) is 83.4 Å². The van der Waals surface area contributed by atoms with Crippen LogP contribution in [-0.2, 0) is 11.3 Å². The molecule has 0 atom stereocenters. The van der Waals surface area contributed by atoms with Crippen molar-refractivity contribution < 1.29 is 9.59 Å². The molecule has 3 aromatic rings. The van der Waals surface area contributed by atoms with Gasteiger partial charge in [0.05, 0.1) is 11.3 Å². The quantitative estimate of drug-likeness (QED) is 0.702. The normalized spacial score (nSPS) is 13.9. The van der Waals surface area contributed by atoms with Crippen molar-refractivity contribution in [2.45, 2.75) is 13.5 Å². The molecule has 0 saturated carbocycles. The summed E-state index contributed by atoms with van der Waals surface area (Å²) in [4.78, 5) is 33.0. The molecule has 1 aliphatic rings. The molecule has 0 radical (unpaired) electrons. The minimum atomic E-state index is -0.169. The predicted molar refractivity (Wildman–Crippen MR) is 113 cm³/mol. The number of amides is 2. The lowest BCUT2D eigenvalue weighted by atomic mass is 10.1. The lowest BCUT2D eigenvalue weighted by Crippen LogP contribution is -2.48. The Kier molecular flexibility index (Phi) is 5.74. The zero-order valence-electron chi connectivity index (χ0n) is 16.9. The van der Waals surface area contributed by atoms with Gasteiger partial charge >= 0.3 is 0 Å². The smallest absolute Gasteiger partial charge is 0.253 e. The molecule has 1 fully saturated rings. The number of hydrogen-bond acceptors (Lipinski definition) is 5. The molecule has 0 spiro atoms. The Morgan fingerprint density at radius 1 is 1.00 bits per heavy atom. The summed E-state index contributed by atoms with van der Waals surface area (Å²) >= 11 is 0. The van der Waals surface area contributed by atoms with Crippen LogP contribution in [-0.4, -0.2) is 57.7 Å². The highest BCUT2D eigenvalue weighted by molar-refractivity contribution is 5.97. The molecule has 8 heteroatoms. The Balaban J connectivity index is 1.47. The Labute approximate surface area is 175 Å². The van der Waals surface area contributed by atoms with Crippen LogP contribution in [0.3, 0.4) is 0 Å². The molecule has 4 rings (SSSR count). The first-order chi connectivity index (χ1) is 14.6. The molecule has 0 aliphatic carbocycles. The summed E-state index contributed by atoms with van der Waals surface area (Å²) in [6.07, 6.45) is 5.25. The molecule has 2 aromatic heterocycles. The van der Waals surface area contributed by atoms with E-state index in [0.717, 1.165) is 30.2 Å². The highest BCUT2D eigenvalue weighted by Gasteiger charge is 2.21. The molecule has 30 heavy (non-hydrogen) atoms. The first kappa shape index (κ1) is 19.6. The van der Waals surface area contributed by atoms with Crippen molar-refractivity contribution in [3.05, 3.63) is 72.2 Å². The maximum absolute atomic E-state index is 12.9. The number of anilines is 1. The van der Waals surface area contributed by atoms with Crippen LogP contribution < -0.4 is 10.2 Å². The zero-order chi connectivity index (χ0) is 20.9. The number of carbonyl (C=O) groups excluding carboxylic acids is 2. The van der Waals surface area contributed by atoms with Gasteiger partial charge in [-0.25, -0.2) is 9.67 Å². The Hall–Kier alpha value is -3.68. The summed E-state index contributed by atoms with van der Waals surface area (Å²) in [5.74, 6) is 0.776. The van der Waals surface area contributed by atoms with E-state index in [9.17, 15) is 9.59 Å². The molecule has 1 saturated heterocycles. The molecule has 0 unspecified atom stereocenters. The number of rotatable bonds is 5. The van der Waals surface area contributed by atoms with Crippen LogP contribution in [0.25, 0.3) is 5.69 Å². The molecule has 2 amide bonds. The highest BCUT2D eigenvalue weighted by atomic mass is 16.2. The van der Waals surface area contributed by atoms with Gasteiger partial charge in [0, 0.05) is 63.8 Å². The average molecular weight is 404 g/mol. The van der Waals surface area contributed by atoms with Gasteiger partial charge in [0.2, 0.25) is 5.91 Å². The van der Waals surface area contributed by atoms with Crippen LogP contribution in [0.1, 0.15) is 22.8 Å². The SMILES string of the molecule is CC(=O)N1CCN(c2ncccc2CNC(=O)c2ccccc2-n2cccn2)CC1. The molecule has 8 nitrogen and oxygen atoms in total. The van der Waals surface area contributed by atoms with E-state index in [2.05, 4.69) is 20.3 Å². The Bertz CT molecular complexity index is 1030. The van der Waals surface area contributed by atoms with Crippen molar-refractivity contribution in [2.75, 3.05) is 31.1 Å². The van der Waals surface area contributed by atoms with Crippen molar-refractivity contribution in [3.8, 4) is 5.69 Å². The number of aromatic nitrogens is 3. The summed E-state index contributed by atoms with van der Waals surface area (Å²) < 4.78 is 1.68. The van der Waals surface area contributed by atoms with E-state index in [1.165, 1.54) is 0 Å². The largest absolute Gasteiger partial charge is 0.353 e. The van der Waals surface area contributed by atoms with Gasteiger partial charge in [-0.15, -0.1) is 0 Å². The maximum atomic E-state index is 12.9. The zero-order valence-corrected chi connectivity index (χ0v) is 16.9. The van der Waals surface area contributed by atoms with Crippen molar-refractivity contribution in [1.82, 2.24) is 25.0 Å². The third-order valence-corrected chi connectivity index (χ3v) is 5.23. The van der Waals surface area contributed by atoms with E-state index >= 15 is 0 Å². The summed E-state index contributed by atoms with van der Waals surface area (Å²) in [6, 6.07) is 13.0. The predicted octanol–water partition coefficient (Wildman–Crippen LogP) is 1.87. The molecule has 1 aromatic carbocycles. The maximum Gasteiger partial charge on any atom is 0.253 e. The number of pyridine rings is 1. The van der Waals surface area contributed by atoms with Gasteiger partial charge in [-0.3, -0.25) is 9.59 Å². The van der Waals surface area contributed by atoms with Gasteiger partial charge in [-0.05, 0) is 24.3 Å². The fraction of sp³-hybridized carbons (Fsp3) is 0.273. The second-order valence-corrected chi connectivity index (χ2v) is 7.13. The second kappa shape index (κ2) is 8.77. The van der Waals surface area contributed by atoms with Crippen LogP contribution in [0.5, 0.6) is 0 Å². The van der Waals surface area contributed by atoms with E-state index < -0.39 is 0 Å². The van der Waals surface area contributed by atoms with Crippen LogP contribution in [0.15, 0.2) is 61.1 Å². The summed E-state index contributed by atoms with van der Waals surface area (Å²) in [5.41, 5.74) is 2.23. The minimum absolute atomic E-state index is 0.0963. The molecular weight excluding hydrogens is 380 g/mol. The highest BCUT2D eigenvalue weighted by Crippen LogP contribution is 2.20. The Morgan fingerprint density at radius 3 is 2.53 bits per heavy atom. The summed E-state index contributed by atoms with van der Waals surface area (Å²) in [7, 11) is 0. The molecule has 1 N–H and O–H groups in total. The standard InChI is InChI=1S/C22H24N6O2/c1-17(29)26-12-14-27(15-13-26)21-18(6-4-9-23-21)16-24-22(30)19-7-2-3-8-20(19)28-11-5-10-25-28/h2-11H,12-16H2,1H3,(H,24,30). The van der Waals surface area contributed by atoms with Crippen molar-refractivity contribution in [3.63, 3.8) is 0 Å². The number of hydrogen-bond donors (Lipinski definition) is 1. The third-order valence-electron chi connectivity index (χ3n) is 5.23. The van der Waals surface area contributed by atoms with E-state index in [1.807, 2.05) is 47.5 Å². The van der Waals surface area contributed by atoms with Crippen molar-refractivity contribution >= 4 is 17.6 Å². The molecule has 154 valence electrons. The average Bonchev–Trinajstić information content (AvgIpc) is 3.32. The lowest BCUT2D eigenvalue weighted by molar-refractivity contribution is -0.129. The molecule has 3 heterocycles. The van der Waals surface area contributed by atoms with Crippen LogP contribution in [0.4, 0.5) is 5.82 Å². The van der Waals surface area contributed by atoms with Crippen molar-refractivity contribution in [1.29, 1.82) is 0 Å². The van der Waals surface area contributed by atoms with E-state index in [4.69, 9.17) is 0 Å². The van der Waals surface area contributed by atoms with E-state index in [1.54, 1.807) is 30.1 Å². The van der Waals surface area contributed by atoms with Crippen LogP contribution in [0.2, 0.25) is 0 Å². The van der Waals surface area contributed by atoms with E-state index in [-0.39, 0.29) is 11.8 Å². The molecule has 0 bridgehead atoms. The summed E-state index contributed by atoms with van der Waals surface area (Å²) in [5, 5.41) is 7.25. The van der Waals surface area contributed by atoms with Gasteiger partial charge in [0.1, 0.15) is 5.82 Å². The first-order valence-corrected chi connectivity index (χ1v) is 9.95. The number of carbonyl (C=O) groups is 2. The number of para-hydroxylation sites is 1. The van der Waals surface area contributed by atoms with Gasteiger partial charge < -0.3 is 15.1 Å². The molecular formula is C22H24N6O2. The van der Waals surface area contributed by atoms with Gasteiger partial charge in [-0.1, -0.05) is 18.2 Å². The number of piperazine rings is 1.